The molecule has 1 aliphatic heterocycles. The summed E-state index contributed by atoms with van der Waals surface area (Å²) in [5.74, 6) is 1.97. The largest absolute Gasteiger partial charge is 0.339 e. The average molecular weight is 443 g/mol. The first-order chi connectivity index (χ1) is 16.1. The molecular formula is C25H26N6O2. The van der Waals surface area contributed by atoms with E-state index >= 15 is 0 Å². The second kappa shape index (κ2) is 7.79. The number of aryl methyl sites for hydroxylation is 2. The molecule has 4 heterocycles. The van der Waals surface area contributed by atoms with E-state index in [9.17, 15) is 4.79 Å². The molecular weight excluding hydrogens is 416 g/mol. The number of hydrogen-bond donors (Lipinski definition) is 0. The number of amides is 1. The number of nitrogens with zero attached hydrogens (tertiary/aromatic N) is 6. The second-order valence-electron chi connectivity index (χ2n) is 9.17. The van der Waals surface area contributed by atoms with Crippen LogP contribution in [-0.4, -0.2) is 48.8 Å². The molecule has 0 atom stereocenters. The fourth-order valence-corrected chi connectivity index (χ4v) is 4.83. The molecule has 1 aliphatic carbocycles. The molecule has 2 fully saturated rings. The van der Waals surface area contributed by atoms with Crippen LogP contribution in [0.15, 0.2) is 40.9 Å². The number of piperidine rings is 1. The molecule has 1 amide bonds. The van der Waals surface area contributed by atoms with Crippen molar-refractivity contribution in [3.05, 3.63) is 59.2 Å². The Balaban J connectivity index is 1.22. The molecule has 4 aromatic rings. The van der Waals surface area contributed by atoms with Crippen molar-refractivity contribution in [2.24, 2.45) is 7.05 Å². The Labute approximate surface area is 191 Å². The zero-order chi connectivity index (χ0) is 22.5. The van der Waals surface area contributed by atoms with Gasteiger partial charge in [-0.25, -0.2) is 4.98 Å². The minimum Gasteiger partial charge on any atom is -0.339 e. The van der Waals surface area contributed by atoms with E-state index in [0.717, 1.165) is 59.2 Å². The van der Waals surface area contributed by atoms with Gasteiger partial charge in [-0.05, 0) is 38.7 Å². The van der Waals surface area contributed by atoms with E-state index in [-0.39, 0.29) is 11.8 Å². The van der Waals surface area contributed by atoms with Gasteiger partial charge in [-0.1, -0.05) is 35.5 Å². The Morgan fingerprint density at radius 1 is 1.03 bits per heavy atom. The van der Waals surface area contributed by atoms with Gasteiger partial charge in [0.2, 0.25) is 11.7 Å². The Kier molecular flexibility index (Phi) is 4.74. The van der Waals surface area contributed by atoms with Crippen LogP contribution in [0.1, 0.15) is 65.2 Å². The summed E-state index contributed by atoms with van der Waals surface area (Å²) < 4.78 is 7.37. The van der Waals surface area contributed by atoms with E-state index < -0.39 is 0 Å². The minimum atomic E-state index is 0.0642. The van der Waals surface area contributed by atoms with Crippen LogP contribution in [0.2, 0.25) is 0 Å². The minimum absolute atomic E-state index is 0.0642. The van der Waals surface area contributed by atoms with Gasteiger partial charge in [-0.3, -0.25) is 9.48 Å². The fourth-order valence-electron chi connectivity index (χ4n) is 4.83. The molecule has 0 radical (unpaired) electrons. The monoisotopic (exact) mass is 442 g/mol. The first-order valence-corrected chi connectivity index (χ1v) is 11.6. The van der Waals surface area contributed by atoms with Crippen LogP contribution >= 0.6 is 0 Å². The maximum atomic E-state index is 13.6. The highest BCUT2D eigenvalue weighted by molar-refractivity contribution is 6.06. The summed E-state index contributed by atoms with van der Waals surface area (Å²) in [5.41, 5.74) is 4.34. The lowest BCUT2D eigenvalue weighted by molar-refractivity contribution is 0.0706. The first kappa shape index (κ1) is 20.1. The number of carbonyl (C=O) groups is 1. The van der Waals surface area contributed by atoms with Gasteiger partial charge in [0.25, 0.3) is 5.91 Å². The molecule has 1 saturated heterocycles. The quantitative estimate of drug-likeness (QED) is 0.470. The van der Waals surface area contributed by atoms with Crippen LogP contribution in [0.3, 0.4) is 0 Å². The molecule has 1 saturated carbocycles. The number of carbonyl (C=O) groups excluding carboxylic acids is 1. The van der Waals surface area contributed by atoms with E-state index in [2.05, 4.69) is 15.2 Å². The highest BCUT2D eigenvalue weighted by Crippen LogP contribution is 2.41. The van der Waals surface area contributed by atoms with Crippen LogP contribution in [0.4, 0.5) is 0 Å². The van der Waals surface area contributed by atoms with Crippen molar-refractivity contribution in [1.82, 2.24) is 29.8 Å². The first-order valence-electron chi connectivity index (χ1n) is 11.6. The summed E-state index contributed by atoms with van der Waals surface area (Å²) in [6.07, 6.45) is 3.89. The van der Waals surface area contributed by atoms with Gasteiger partial charge in [0.15, 0.2) is 5.65 Å². The topological polar surface area (TPSA) is 89.9 Å². The van der Waals surface area contributed by atoms with Gasteiger partial charge in [-0.2, -0.15) is 10.1 Å². The predicted octanol–water partition coefficient (Wildman–Crippen LogP) is 4.22. The van der Waals surface area contributed by atoms with Crippen molar-refractivity contribution in [3.63, 3.8) is 0 Å². The Morgan fingerprint density at radius 2 is 1.79 bits per heavy atom. The van der Waals surface area contributed by atoms with Gasteiger partial charge >= 0.3 is 0 Å². The van der Waals surface area contributed by atoms with Gasteiger partial charge < -0.3 is 9.42 Å². The molecule has 0 spiro atoms. The van der Waals surface area contributed by atoms with Crippen molar-refractivity contribution in [2.75, 3.05) is 13.1 Å². The summed E-state index contributed by atoms with van der Waals surface area (Å²) in [5, 5.41) is 9.57. The van der Waals surface area contributed by atoms with E-state index in [4.69, 9.17) is 9.51 Å². The molecule has 3 aromatic heterocycles. The highest BCUT2D eigenvalue weighted by Gasteiger charge is 2.32. The van der Waals surface area contributed by atoms with Crippen molar-refractivity contribution >= 4 is 16.9 Å². The lowest BCUT2D eigenvalue weighted by Gasteiger charge is -2.30. The third kappa shape index (κ3) is 3.59. The third-order valence-electron chi connectivity index (χ3n) is 6.82. The molecule has 0 bridgehead atoms. The summed E-state index contributed by atoms with van der Waals surface area (Å²) in [6.45, 7) is 3.27. The molecule has 8 heteroatoms. The maximum Gasteiger partial charge on any atom is 0.254 e. The van der Waals surface area contributed by atoms with E-state index in [1.165, 1.54) is 0 Å². The maximum absolute atomic E-state index is 13.6. The normalized spacial score (nSPS) is 17.1. The summed E-state index contributed by atoms with van der Waals surface area (Å²) >= 11 is 0. The number of benzene rings is 1. The smallest absolute Gasteiger partial charge is 0.254 e. The van der Waals surface area contributed by atoms with Crippen LogP contribution in [0, 0.1) is 6.92 Å². The molecule has 8 nitrogen and oxygen atoms in total. The van der Waals surface area contributed by atoms with Gasteiger partial charge in [-0.15, -0.1) is 0 Å². The number of fused-ring (bicyclic) bond motifs is 1. The average Bonchev–Trinajstić information content (AvgIpc) is 3.51. The number of pyridine rings is 1. The van der Waals surface area contributed by atoms with Crippen LogP contribution < -0.4 is 0 Å². The second-order valence-corrected chi connectivity index (χ2v) is 9.17. The third-order valence-corrected chi connectivity index (χ3v) is 6.82. The fraction of sp³-hybridized carbons (Fsp3) is 0.400. The molecule has 0 unspecified atom stereocenters. The Bertz CT molecular complexity index is 1330. The van der Waals surface area contributed by atoms with Gasteiger partial charge in [0.05, 0.1) is 16.6 Å². The van der Waals surface area contributed by atoms with Crippen molar-refractivity contribution < 1.29 is 9.32 Å². The summed E-state index contributed by atoms with van der Waals surface area (Å²) in [4.78, 5) is 25.0. The Hall–Kier alpha value is -3.55. The van der Waals surface area contributed by atoms with Gasteiger partial charge in [0, 0.05) is 43.2 Å². The van der Waals surface area contributed by atoms with Crippen LogP contribution in [0.25, 0.3) is 22.4 Å². The number of likely N-dealkylation sites (tertiary alicyclic amines) is 1. The van der Waals surface area contributed by atoms with E-state index in [1.807, 2.05) is 55.3 Å². The number of aromatic nitrogens is 5. The van der Waals surface area contributed by atoms with E-state index in [0.29, 0.717) is 30.7 Å². The van der Waals surface area contributed by atoms with Crippen LogP contribution in [-0.2, 0) is 7.05 Å². The van der Waals surface area contributed by atoms with Crippen molar-refractivity contribution in [3.8, 4) is 11.4 Å². The summed E-state index contributed by atoms with van der Waals surface area (Å²) in [6, 6.07) is 11.8. The van der Waals surface area contributed by atoms with Crippen molar-refractivity contribution in [2.45, 2.75) is 44.4 Å². The molecule has 2 aliphatic rings. The lowest BCUT2D eigenvalue weighted by atomic mass is 9.95. The van der Waals surface area contributed by atoms with Gasteiger partial charge in [0.1, 0.15) is 0 Å². The lowest BCUT2D eigenvalue weighted by Crippen LogP contribution is -2.38. The molecule has 1 aromatic carbocycles. The van der Waals surface area contributed by atoms with Crippen LogP contribution in [0.5, 0.6) is 0 Å². The summed E-state index contributed by atoms with van der Waals surface area (Å²) in [7, 11) is 1.90. The predicted molar refractivity (Wildman–Crippen MR) is 123 cm³/mol. The molecule has 0 N–H and O–H groups in total. The Morgan fingerprint density at radius 3 is 2.52 bits per heavy atom. The zero-order valence-electron chi connectivity index (χ0n) is 18.9. The number of hydrogen-bond acceptors (Lipinski definition) is 6. The van der Waals surface area contributed by atoms with Crippen molar-refractivity contribution in [1.29, 1.82) is 0 Å². The molecule has 33 heavy (non-hydrogen) atoms. The zero-order valence-corrected chi connectivity index (χ0v) is 18.9. The van der Waals surface area contributed by atoms with E-state index in [1.54, 1.807) is 4.68 Å². The highest BCUT2D eigenvalue weighted by atomic mass is 16.5. The molecule has 6 rings (SSSR count). The standard InChI is InChI=1S/C25H26N6O2/c1-15-21-19(14-20(16-8-9-16)26-23(21)30(2)28-15)25(32)31-12-10-18(11-13-31)24-27-22(29-33-24)17-6-4-3-5-7-17/h3-7,14,16,18H,8-13H2,1-2H3. The SMILES string of the molecule is Cc1nn(C)c2nc(C3CC3)cc(C(=O)N3CCC(c4nc(-c5ccccc5)no4)CC3)c12. The number of rotatable bonds is 4. The molecule has 168 valence electrons.